The van der Waals surface area contributed by atoms with Crippen molar-refractivity contribution >= 4 is 28.4 Å². The molecule has 9 nitrogen and oxygen atoms in total. The van der Waals surface area contributed by atoms with Crippen LogP contribution in [-0.4, -0.2) is 65.2 Å². The van der Waals surface area contributed by atoms with Gasteiger partial charge in [-0.2, -0.15) is 4.98 Å². The Labute approximate surface area is 205 Å². The summed E-state index contributed by atoms with van der Waals surface area (Å²) in [5.74, 6) is 0.289. The lowest BCUT2D eigenvalue weighted by Gasteiger charge is -2.26. The minimum atomic E-state index is -0.347. The first kappa shape index (κ1) is 24.4. The molecule has 0 unspecified atom stereocenters. The Bertz CT molecular complexity index is 1230. The van der Waals surface area contributed by atoms with E-state index in [-0.39, 0.29) is 11.6 Å². The van der Waals surface area contributed by atoms with E-state index in [1.165, 1.54) is 0 Å². The summed E-state index contributed by atoms with van der Waals surface area (Å²) in [6, 6.07) is 7.36. The molecule has 1 aromatic carbocycles. The Morgan fingerprint density at radius 1 is 1.29 bits per heavy atom. The number of H-pyrrole nitrogens is 1. The van der Waals surface area contributed by atoms with Crippen LogP contribution in [0.25, 0.3) is 10.9 Å². The third-order valence-corrected chi connectivity index (χ3v) is 5.99. The molecule has 0 saturated carbocycles. The van der Waals surface area contributed by atoms with E-state index < -0.39 is 0 Å². The summed E-state index contributed by atoms with van der Waals surface area (Å²) in [6.45, 7) is 14.2. The molecule has 0 aliphatic carbocycles. The van der Waals surface area contributed by atoms with Gasteiger partial charge in [-0.15, -0.1) is 0 Å². The summed E-state index contributed by atoms with van der Waals surface area (Å²) >= 11 is 0. The zero-order chi connectivity index (χ0) is 24.8. The van der Waals surface area contributed by atoms with Crippen molar-refractivity contribution in [3.63, 3.8) is 0 Å². The van der Waals surface area contributed by atoms with Gasteiger partial charge in [0.1, 0.15) is 12.3 Å². The van der Waals surface area contributed by atoms with Gasteiger partial charge in [-0.25, -0.2) is 4.98 Å². The van der Waals surface area contributed by atoms with Crippen LogP contribution < -0.4 is 15.0 Å². The number of aromatic nitrogens is 3. The highest BCUT2D eigenvalue weighted by molar-refractivity contribution is 6.04. The third-order valence-electron chi connectivity index (χ3n) is 5.99. The number of carbonyl (C=O) groups excluding carboxylic acids is 1. The fourth-order valence-corrected chi connectivity index (χ4v) is 3.93. The number of benzene rings is 1. The second-order valence-corrected chi connectivity index (χ2v) is 8.36. The lowest BCUT2D eigenvalue weighted by atomic mass is 10.1. The summed E-state index contributed by atoms with van der Waals surface area (Å²) in [4.78, 5) is 29.4. The molecule has 35 heavy (non-hydrogen) atoms. The summed E-state index contributed by atoms with van der Waals surface area (Å²) in [6.07, 6.45) is 5.19. The van der Waals surface area contributed by atoms with E-state index in [4.69, 9.17) is 9.47 Å². The summed E-state index contributed by atoms with van der Waals surface area (Å²) in [5.41, 5.74) is 4.19. The van der Waals surface area contributed by atoms with Crippen LogP contribution in [0.5, 0.6) is 5.88 Å². The number of aromatic amines is 1. The molecule has 1 amide bonds. The number of morpholine rings is 1. The monoisotopic (exact) mass is 476 g/mol. The van der Waals surface area contributed by atoms with Crippen molar-refractivity contribution in [1.29, 1.82) is 0 Å². The Morgan fingerprint density at radius 2 is 2.09 bits per heavy atom. The maximum absolute atomic E-state index is 13.2. The van der Waals surface area contributed by atoms with Gasteiger partial charge >= 0.3 is 0 Å². The number of anilines is 2. The number of hydrogen-bond acceptors (Lipinski definition) is 7. The molecule has 1 saturated heterocycles. The van der Waals surface area contributed by atoms with Crippen LogP contribution >= 0.6 is 0 Å². The molecule has 184 valence electrons. The smallest absolute Gasteiger partial charge is 0.274 e. The van der Waals surface area contributed by atoms with Gasteiger partial charge < -0.3 is 19.8 Å². The van der Waals surface area contributed by atoms with Crippen LogP contribution in [0.3, 0.4) is 0 Å². The number of aryl methyl sites for hydroxylation is 2. The highest BCUT2D eigenvalue weighted by atomic mass is 16.5. The average Bonchev–Trinajstić information content (AvgIpc) is 3.15. The third kappa shape index (κ3) is 5.87. The van der Waals surface area contributed by atoms with E-state index in [0.717, 1.165) is 55.0 Å². The van der Waals surface area contributed by atoms with E-state index in [1.807, 2.05) is 38.1 Å². The SMILES string of the molecule is C=CN(/C=C\C)c1nc(OCCN2CCOCC2)cc(C(=O)Nc2ccc3[nH]c(C)c(C)c3c2)n1. The predicted molar refractivity (Wildman–Crippen MR) is 138 cm³/mol. The second-order valence-electron chi connectivity index (χ2n) is 8.36. The Kier molecular flexibility index (Phi) is 7.79. The van der Waals surface area contributed by atoms with Crippen molar-refractivity contribution in [2.24, 2.45) is 0 Å². The second kappa shape index (κ2) is 11.2. The number of fused-ring (bicyclic) bond motifs is 1. The summed E-state index contributed by atoms with van der Waals surface area (Å²) in [5, 5.41) is 4.03. The van der Waals surface area contributed by atoms with Crippen LogP contribution in [0.2, 0.25) is 0 Å². The van der Waals surface area contributed by atoms with E-state index in [0.29, 0.717) is 24.1 Å². The highest BCUT2D eigenvalue weighted by Gasteiger charge is 2.17. The quantitative estimate of drug-likeness (QED) is 0.482. The first-order valence-electron chi connectivity index (χ1n) is 11.7. The number of amides is 1. The van der Waals surface area contributed by atoms with Crippen LogP contribution in [0, 0.1) is 13.8 Å². The fourth-order valence-electron chi connectivity index (χ4n) is 3.93. The Balaban J connectivity index is 1.55. The van der Waals surface area contributed by atoms with Crippen molar-refractivity contribution in [2.75, 3.05) is 49.7 Å². The standard InChI is InChI=1S/C26H32N6O3/c1-5-9-32(6-2)26-29-23(17-24(30-26)35-15-12-31-10-13-34-14-11-31)25(33)28-20-7-8-22-21(16-20)18(3)19(4)27-22/h5-9,16-17,27H,2,10-15H2,1,3-4H3,(H,28,33)/b9-5-. The Hall–Kier alpha value is -3.69. The number of carbonyl (C=O) groups is 1. The van der Waals surface area contributed by atoms with E-state index in [1.54, 1.807) is 23.4 Å². The van der Waals surface area contributed by atoms with E-state index in [2.05, 4.69) is 38.7 Å². The lowest BCUT2D eigenvalue weighted by molar-refractivity contribution is 0.0320. The molecule has 1 fully saturated rings. The molecule has 1 aliphatic heterocycles. The average molecular weight is 477 g/mol. The first-order chi connectivity index (χ1) is 17.0. The van der Waals surface area contributed by atoms with Gasteiger partial charge in [0.25, 0.3) is 5.91 Å². The minimum absolute atomic E-state index is 0.204. The molecule has 0 spiro atoms. The number of hydrogen-bond donors (Lipinski definition) is 2. The van der Waals surface area contributed by atoms with Gasteiger partial charge in [0, 0.05) is 60.4 Å². The molecule has 9 heteroatoms. The zero-order valence-electron chi connectivity index (χ0n) is 20.5. The van der Waals surface area contributed by atoms with Crippen molar-refractivity contribution in [3.05, 3.63) is 66.3 Å². The molecule has 0 radical (unpaired) electrons. The van der Waals surface area contributed by atoms with Crippen molar-refractivity contribution in [3.8, 4) is 5.88 Å². The van der Waals surface area contributed by atoms with Gasteiger partial charge in [0.15, 0.2) is 0 Å². The number of nitrogens with zero attached hydrogens (tertiary/aromatic N) is 4. The maximum Gasteiger partial charge on any atom is 0.274 e. The number of ether oxygens (including phenoxy) is 2. The largest absolute Gasteiger partial charge is 0.476 e. The molecule has 2 N–H and O–H groups in total. The number of allylic oxidation sites excluding steroid dienone is 1. The Morgan fingerprint density at radius 3 is 2.83 bits per heavy atom. The van der Waals surface area contributed by atoms with E-state index in [9.17, 15) is 4.79 Å². The molecular weight excluding hydrogens is 444 g/mol. The summed E-state index contributed by atoms with van der Waals surface area (Å²) in [7, 11) is 0. The van der Waals surface area contributed by atoms with Crippen LogP contribution in [0.1, 0.15) is 28.7 Å². The molecule has 0 atom stereocenters. The normalized spacial score (nSPS) is 14.4. The summed E-state index contributed by atoms with van der Waals surface area (Å²) < 4.78 is 11.3. The van der Waals surface area contributed by atoms with Crippen molar-refractivity contribution < 1.29 is 14.3 Å². The van der Waals surface area contributed by atoms with Gasteiger partial charge in [-0.05, 0) is 44.5 Å². The van der Waals surface area contributed by atoms with Gasteiger partial charge in [0.05, 0.1) is 13.2 Å². The molecule has 0 bridgehead atoms. The van der Waals surface area contributed by atoms with Crippen LogP contribution in [-0.2, 0) is 4.74 Å². The molecule has 4 rings (SSSR count). The minimum Gasteiger partial charge on any atom is -0.476 e. The van der Waals surface area contributed by atoms with Crippen molar-refractivity contribution in [2.45, 2.75) is 20.8 Å². The molecule has 3 heterocycles. The molecular formula is C26H32N6O3. The molecule has 1 aliphatic rings. The lowest BCUT2D eigenvalue weighted by Crippen LogP contribution is -2.38. The van der Waals surface area contributed by atoms with Gasteiger partial charge in [-0.3, -0.25) is 14.6 Å². The van der Waals surface area contributed by atoms with Crippen molar-refractivity contribution in [1.82, 2.24) is 19.9 Å². The highest BCUT2D eigenvalue weighted by Crippen LogP contribution is 2.25. The number of nitrogens with one attached hydrogen (secondary N) is 2. The molecule has 2 aromatic heterocycles. The van der Waals surface area contributed by atoms with Crippen LogP contribution in [0.15, 0.2) is 49.3 Å². The predicted octanol–water partition coefficient (Wildman–Crippen LogP) is 4.02. The maximum atomic E-state index is 13.2. The first-order valence-corrected chi connectivity index (χ1v) is 11.7. The molecule has 3 aromatic rings. The van der Waals surface area contributed by atoms with Crippen LogP contribution in [0.4, 0.5) is 11.6 Å². The number of rotatable bonds is 9. The zero-order valence-corrected chi connectivity index (χ0v) is 20.5. The van der Waals surface area contributed by atoms with Gasteiger partial charge in [0.2, 0.25) is 11.8 Å². The fraction of sp³-hybridized carbons (Fsp3) is 0.346. The van der Waals surface area contributed by atoms with Gasteiger partial charge in [-0.1, -0.05) is 12.7 Å². The van der Waals surface area contributed by atoms with E-state index >= 15 is 0 Å². The topological polar surface area (TPSA) is 95.6 Å².